The number of hydrogen-bond donors (Lipinski definition) is 4. The number of hydrogen-bond acceptors (Lipinski definition) is 5. The van der Waals surface area contributed by atoms with Crippen LogP contribution < -0.4 is 5.32 Å². The van der Waals surface area contributed by atoms with Gasteiger partial charge in [-0.25, -0.2) is 0 Å². The highest BCUT2D eigenvalue weighted by molar-refractivity contribution is 7.85. The van der Waals surface area contributed by atoms with Gasteiger partial charge < -0.3 is 15.5 Å². The van der Waals surface area contributed by atoms with Gasteiger partial charge in [0.2, 0.25) is 5.91 Å². The summed E-state index contributed by atoms with van der Waals surface area (Å²) in [5, 5.41) is 23.4. The van der Waals surface area contributed by atoms with Crippen molar-refractivity contribution in [3.8, 4) is 0 Å². The van der Waals surface area contributed by atoms with Crippen molar-refractivity contribution in [3.05, 3.63) is 48.6 Å². The van der Waals surface area contributed by atoms with Crippen LogP contribution in [0.5, 0.6) is 0 Å². The molecule has 3 atom stereocenters. The standard InChI is InChI=1S/C46H85NO6S/c1-3-5-7-9-11-13-15-17-19-21-22-23-24-25-27-28-30-32-34-36-38-40-44(48)43(42-54(51,52)53)47-46(50)45(49)41-39-37-35-33-31-29-26-20-18-16-14-12-10-8-6-4-2/h12,14,18,20,30,32,38,40,43-45,48-49H,3-11,13,15-17,19,21-29,31,33-37,39,41-42H2,1-2H3,(H,47,50)(H,51,52,53)/b14-12-,20-18-,32-30+,40-38+. The van der Waals surface area contributed by atoms with Gasteiger partial charge in [-0.2, -0.15) is 8.42 Å². The molecular weight excluding hydrogens is 695 g/mol. The van der Waals surface area contributed by atoms with Crippen molar-refractivity contribution in [3.63, 3.8) is 0 Å². The van der Waals surface area contributed by atoms with E-state index >= 15 is 0 Å². The Morgan fingerprint density at radius 3 is 1.37 bits per heavy atom. The van der Waals surface area contributed by atoms with Crippen LogP contribution in [0.15, 0.2) is 48.6 Å². The summed E-state index contributed by atoms with van der Waals surface area (Å²) in [5.41, 5.74) is 0. The normalized spacial score (nSPS) is 14.2. The SMILES string of the molecule is CCCCC/C=C\C/C=C\CCCCCCCCC(O)C(=O)NC(CS(=O)(=O)O)C(O)/C=C/CC/C=C/CCCCCCCCCCCCCCCCC. The van der Waals surface area contributed by atoms with Crippen LogP contribution in [-0.4, -0.2) is 53.1 Å². The Labute approximate surface area is 333 Å². The van der Waals surface area contributed by atoms with Crippen LogP contribution in [0.4, 0.5) is 0 Å². The molecule has 0 aromatic rings. The molecule has 0 saturated heterocycles. The third-order valence-corrected chi connectivity index (χ3v) is 10.9. The number of amides is 1. The molecule has 0 heterocycles. The van der Waals surface area contributed by atoms with Crippen molar-refractivity contribution in [2.45, 2.75) is 231 Å². The van der Waals surface area contributed by atoms with Crippen molar-refractivity contribution in [2.24, 2.45) is 0 Å². The summed E-state index contributed by atoms with van der Waals surface area (Å²) in [4.78, 5) is 12.6. The maximum Gasteiger partial charge on any atom is 0.267 e. The maximum absolute atomic E-state index is 12.6. The lowest BCUT2D eigenvalue weighted by atomic mass is 10.0. The van der Waals surface area contributed by atoms with Crippen LogP contribution in [-0.2, 0) is 14.9 Å². The fourth-order valence-electron chi connectivity index (χ4n) is 6.62. The van der Waals surface area contributed by atoms with Gasteiger partial charge in [-0.15, -0.1) is 0 Å². The van der Waals surface area contributed by atoms with Crippen LogP contribution >= 0.6 is 0 Å². The fraction of sp³-hybridized carbons (Fsp3) is 0.804. The van der Waals surface area contributed by atoms with Crippen molar-refractivity contribution < 1.29 is 28.0 Å². The zero-order chi connectivity index (χ0) is 39.8. The predicted molar refractivity (Wildman–Crippen MR) is 231 cm³/mol. The van der Waals surface area contributed by atoms with E-state index in [1.165, 1.54) is 128 Å². The second-order valence-electron chi connectivity index (χ2n) is 15.5. The minimum absolute atomic E-state index is 0.261. The van der Waals surface area contributed by atoms with Crippen LogP contribution in [0.2, 0.25) is 0 Å². The molecule has 1 amide bonds. The van der Waals surface area contributed by atoms with Gasteiger partial charge in [0, 0.05) is 0 Å². The van der Waals surface area contributed by atoms with Crippen molar-refractivity contribution in [1.29, 1.82) is 0 Å². The molecule has 8 heteroatoms. The van der Waals surface area contributed by atoms with Gasteiger partial charge in [-0.05, 0) is 64.2 Å². The number of rotatable bonds is 40. The highest BCUT2D eigenvalue weighted by atomic mass is 32.2. The molecule has 0 saturated carbocycles. The van der Waals surface area contributed by atoms with E-state index in [2.05, 4.69) is 55.6 Å². The van der Waals surface area contributed by atoms with E-state index in [9.17, 15) is 28.0 Å². The van der Waals surface area contributed by atoms with Crippen LogP contribution in [0.3, 0.4) is 0 Å². The number of carbonyl (C=O) groups excluding carboxylic acids is 1. The average molecular weight is 780 g/mol. The molecule has 54 heavy (non-hydrogen) atoms. The van der Waals surface area contributed by atoms with E-state index in [-0.39, 0.29) is 6.42 Å². The smallest absolute Gasteiger partial charge is 0.267 e. The van der Waals surface area contributed by atoms with E-state index in [0.717, 1.165) is 57.8 Å². The zero-order valence-corrected chi connectivity index (χ0v) is 35.8. The molecule has 0 aliphatic carbocycles. The molecule has 4 N–H and O–H groups in total. The maximum atomic E-state index is 12.6. The van der Waals surface area contributed by atoms with Crippen LogP contribution in [0.25, 0.3) is 0 Å². The monoisotopic (exact) mass is 780 g/mol. The fourth-order valence-corrected chi connectivity index (χ4v) is 7.35. The molecule has 316 valence electrons. The summed E-state index contributed by atoms with van der Waals surface area (Å²) in [6, 6.07) is -1.25. The first kappa shape index (κ1) is 52.3. The first-order valence-electron chi connectivity index (χ1n) is 22.4. The van der Waals surface area contributed by atoms with E-state index in [0.29, 0.717) is 12.8 Å². The summed E-state index contributed by atoms with van der Waals surface area (Å²) in [6.07, 6.45) is 50.3. The molecule has 0 rings (SSSR count). The summed E-state index contributed by atoms with van der Waals surface area (Å²) < 4.78 is 32.6. The predicted octanol–water partition coefficient (Wildman–Crippen LogP) is 12.4. The number of nitrogens with one attached hydrogen (secondary N) is 1. The Morgan fingerprint density at radius 1 is 0.519 bits per heavy atom. The molecule has 0 radical (unpaired) electrons. The summed E-state index contributed by atoms with van der Waals surface area (Å²) in [5.74, 6) is -1.57. The molecule has 0 aromatic carbocycles. The quantitative estimate of drug-likeness (QED) is 0.0279. The highest BCUT2D eigenvalue weighted by Gasteiger charge is 2.27. The zero-order valence-electron chi connectivity index (χ0n) is 35.0. The van der Waals surface area contributed by atoms with Crippen molar-refractivity contribution in [2.75, 3.05) is 5.75 Å². The number of aliphatic hydroxyl groups excluding tert-OH is 2. The Hall–Kier alpha value is -1.74. The average Bonchev–Trinajstić information content (AvgIpc) is 3.14. The largest absolute Gasteiger partial charge is 0.387 e. The molecule has 7 nitrogen and oxygen atoms in total. The molecule has 0 spiro atoms. The van der Waals surface area contributed by atoms with E-state index in [4.69, 9.17) is 0 Å². The number of allylic oxidation sites excluding steroid dienone is 7. The van der Waals surface area contributed by atoms with Gasteiger partial charge >= 0.3 is 0 Å². The molecule has 0 bridgehead atoms. The van der Waals surface area contributed by atoms with Crippen LogP contribution in [0, 0.1) is 0 Å². The number of carbonyl (C=O) groups is 1. The molecule has 0 aliphatic rings. The second-order valence-corrected chi connectivity index (χ2v) is 17.0. The highest BCUT2D eigenvalue weighted by Crippen LogP contribution is 2.15. The van der Waals surface area contributed by atoms with Gasteiger partial charge in [0.1, 0.15) is 6.10 Å². The van der Waals surface area contributed by atoms with Gasteiger partial charge in [0.25, 0.3) is 10.1 Å². The Morgan fingerprint density at radius 2 is 0.889 bits per heavy atom. The van der Waals surface area contributed by atoms with Gasteiger partial charge in [0.15, 0.2) is 0 Å². The Kier molecular flexibility index (Phi) is 38.2. The van der Waals surface area contributed by atoms with Crippen LogP contribution in [0.1, 0.15) is 213 Å². The van der Waals surface area contributed by atoms with Crippen molar-refractivity contribution >= 4 is 16.0 Å². The van der Waals surface area contributed by atoms with E-state index in [1.54, 1.807) is 6.08 Å². The third-order valence-electron chi connectivity index (χ3n) is 10.1. The molecular formula is C46H85NO6S. The van der Waals surface area contributed by atoms with Gasteiger partial charge in [0.05, 0.1) is 17.9 Å². The van der Waals surface area contributed by atoms with Crippen molar-refractivity contribution in [1.82, 2.24) is 5.32 Å². The lowest BCUT2D eigenvalue weighted by molar-refractivity contribution is -0.130. The van der Waals surface area contributed by atoms with Gasteiger partial charge in [-0.1, -0.05) is 197 Å². The number of unbranched alkanes of at least 4 members (excludes halogenated alkanes) is 25. The minimum Gasteiger partial charge on any atom is -0.387 e. The van der Waals surface area contributed by atoms with Gasteiger partial charge in [-0.3, -0.25) is 9.35 Å². The summed E-state index contributed by atoms with van der Waals surface area (Å²) >= 11 is 0. The Balaban J connectivity index is 4.04. The Bertz CT molecular complexity index is 1050. The summed E-state index contributed by atoms with van der Waals surface area (Å²) in [7, 11) is -4.46. The van der Waals surface area contributed by atoms with E-state index in [1.807, 2.05) is 0 Å². The molecule has 3 unspecified atom stereocenters. The third kappa shape index (κ3) is 38.5. The lowest BCUT2D eigenvalue weighted by Gasteiger charge is -2.22. The topological polar surface area (TPSA) is 124 Å². The lowest BCUT2D eigenvalue weighted by Crippen LogP contribution is -2.50. The molecule has 0 aliphatic heterocycles. The number of aliphatic hydroxyl groups is 2. The minimum atomic E-state index is -4.46. The summed E-state index contributed by atoms with van der Waals surface area (Å²) in [6.45, 7) is 4.50. The first-order chi connectivity index (χ1) is 26.2. The second kappa shape index (κ2) is 39.5. The van der Waals surface area contributed by atoms with E-state index < -0.39 is 40.0 Å². The molecule has 0 aromatic heterocycles. The first-order valence-corrected chi connectivity index (χ1v) is 24.1. The molecule has 0 fully saturated rings.